The Labute approximate surface area is 89.3 Å². The first kappa shape index (κ1) is 10.1. The zero-order valence-electron chi connectivity index (χ0n) is 8.36. The Morgan fingerprint density at radius 2 is 2.14 bits per heavy atom. The molecular formula is C9H16N2O2S. The summed E-state index contributed by atoms with van der Waals surface area (Å²) in [7, 11) is 0. The maximum Gasteiger partial charge on any atom is 0.261 e. The summed E-state index contributed by atoms with van der Waals surface area (Å²) in [6.07, 6.45) is 1.80. The highest BCUT2D eigenvalue weighted by Gasteiger charge is 2.41. The molecule has 0 bridgehead atoms. The fraction of sp³-hybridized carbons (Fsp3) is 0.889. The van der Waals surface area contributed by atoms with Gasteiger partial charge in [-0.15, -0.1) is 0 Å². The molecule has 0 amide bonds. The number of hydrogen-bond donors (Lipinski definition) is 1. The van der Waals surface area contributed by atoms with Crippen LogP contribution in [0.1, 0.15) is 19.8 Å². The molecule has 0 aromatic heterocycles. The normalized spacial score (nSPS) is 31.7. The molecule has 2 rings (SSSR count). The van der Waals surface area contributed by atoms with Crippen LogP contribution in [0.4, 0.5) is 0 Å². The maximum absolute atomic E-state index is 6.30. The molecule has 14 heavy (non-hydrogen) atoms. The minimum absolute atomic E-state index is 0.158. The van der Waals surface area contributed by atoms with Crippen LogP contribution in [0.25, 0.3) is 0 Å². The van der Waals surface area contributed by atoms with Gasteiger partial charge in [0.25, 0.3) is 5.17 Å². The third kappa shape index (κ3) is 1.71. The van der Waals surface area contributed by atoms with E-state index in [1.54, 1.807) is 0 Å². The van der Waals surface area contributed by atoms with E-state index in [0.717, 1.165) is 19.4 Å². The van der Waals surface area contributed by atoms with Crippen LogP contribution in [0.3, 0.4) is 0 Å². The third-order valence-electron chi connectivity index (χ3n) is 2.86. The predicted molar refractivity (Wildman–Crippen MR) is 56.8 cm³/mol. The first-order valence-corrected chi connectivity index (χ1v) is 5.37. The van der Waals surface area contributed by atoms with Crippen LogP contribution in [0.2, 0.25) is 0 Å². The average Bonchev–Trinajstić information content (AvgIpc) is 2.47. The number of nitrogens with zero attached hydrogens (tertiary/aromatic N) is 1. The van der Waals surface area contributed by atoms with Gasteiger partial charge < -0.3 is 20.1 Å². The highest BCUT2D eigenvalue weighted by molar-refractivity contribution is 7.80. The summed E-state index contributed by atoms with van der Waals surface area (Å²) in [5.41, 5.74) is 5.95. The number of rotatable bonds is 1. The largest absolute Gasteiger partial charge is 0.466 e. The lowest BCUT2D eigenvalue weighted by Gasteiger charge is -2.40. The van der Waals surface area contributed by atoms with E-state index in [-0.39, 0.29) is 11.8 Å². The Morgan fingerprint density at radius 1 is 1.50 bits per heavy atom. The third-order valence-corrected chi connectivity index (χ3v) is 3.17. The molecule has 0 radical (unpaired) electrons. The van der Waals surface area contributed by atoms with Crippen molar-refractivity contribution in [3.63, 3.8) is 0 Å². The molecule has 0 aromatic carbocycles. The molecule has 1 unspecified atom stereocenters. The van der Waals surface area contributed by atoms with E-state index in [0.29, 0.717) is 18.4 Å². The lowest BCUT2D eigenvalue weighted by atomic mass is 10.00. The first-order valence-electron chi connectivity index (χ1n) is 4.97. The van der Waals surface area contributed by atoms with Gasteiger partial charge in [-0.3, -0.25) is 0 Å². The molecule has 0 aromatic rings. The van der Waals surface area contributed by atoms with Crippen molar-refractivity contribution < 1.29 is 9.47 Å². The van der Waals surface area contributed by atoms with Gasteiger partial charge in [-0.1, -0.05) is 0 Å². The van der Waals surface area contributed by atoms with Crippen molar-refractivity contribution in [3.05, 3.63) is 0 Å². The SMILES string of the molecule is CC1CN(C2(N)CCOCC2)C(=S)O1. The van der Waals surface area contributed by atoms with Gasteiger partial charge in [0.2, 0.25) is 0 Å². The zero-order chi connectivity index (χ0) is 10.2. The van der Waals surface area contributed by atoms with Gasteiger partial charge in [0.05, 0.1) is 25.4 Å². The summed E-state index contributed by atoms with van der Waals surface area (Å²) in [6.45, 7) is 4.23. The van der Waals surface area contributed by atoms with Crippen molar-refractivity contribution in [1.29, 1.82) is 0 Å². The molecule has 2 saturated heterocycles. The van der Waals surface area contributed by atoms with Crippen molar-refractivity contribution in [2.24, 2.45) is 5.73 Å². The standard InChI is InChI=1S/C9H16N2O2S/c1-7-6-11(8(14)13-7)9(10)2-4-12-5-3-9/h7H,2-6,10H2,1H3. The smallest absolute Gasteiger partial charge is 0.261 e. The van der Waals surface area contributed by atoms with Crippen LogP contribution in [0, 0.1) is 0 Å². The summed E-state index contributed by atoms with van der Waals surface area (Å²) in [4.78, 5) is 2.01. The number of nitrogens with two attached hydrogens (primary N) is 1. The van der Waals surface area contributed by atoms with Crippen molar-refractivity contribution in [1.82, 2.24) is 4.90 Å². The van der Waals surface area contributed by atoms with Crippen LogP contribution >= 0.6 is 12.2 Å². The number of thiocarbonyl (C=S) groups is 1. The highest BCUT2D eigenvalue weighted by atomic mass is 32.1. The fourth-order valence-corrected chi connectivity index (χ4v) is 2.38. The van der Waals surface area contributed by atoms with E-state index in [1.807, 2.05) is 11.8 Å². The molecule has 2 heterocycles. The van der Waals surface area contributed by atoms with E-state index in [1.165, 1.54) is 0 Å². The predicted octanol–water partition coefficient (Wildman–Crippen LogP) is 0.457. The molecule has 1 atom stereocenters. The van der Waals surface area contributed by atoms with Gasteiger partial charge in [-0.25, -0.2) is 0 Å². The second kappa shape index (κ2) is 3.64. The Kier molecular flexibility index (Phi) is 2.64. The molecule has 2 N–H and O–H groups in total. The quantitative estimate of drug-likeness (QED) is 0.645. The molecule has 2 aliphatic rings. The van der Waals surface area contributed by atoms with Gasteiger partial charge in [0.15, 0.2) is 0 Å². The monoisotopic (exact) mass is 216 g/mol. The zero-order valence-corrected chi connectivity index (χ0v) is 9.18. The molecule has 0 saturated carbocycles. The first-order chi connectivity index (χ1) is 6.62. The van der Waals surface area contributed by atoms with Gasteiger partial charge in [0.1, 0.15) is 6.10 Å². The van der Waals surface area contributed by atoms with Gasteiger partial charge >= 0.3 is 0 Å². The Hall–Kier alpha value is -0.390. The second-order valence-corrected chi connectivity index (χ2v) is 4.37. The van der Waals surface area contributed by atoms with Gasteiger partial charge in [-0.2, -0.15) is 0 Å². The van der Waals surface area contributed by atoms with Crippen molar-refractivity contribution in [2.45, 2.75) is 31.5 Å². The molecular weight excluding hydrogens is 200 g/mol. The second-order valence-electron chi connectivity index (χ2n) is 4.02. The molecule has 80 valence electrons. The molecule has 4 nitrogen and oxygen atoms in total. The summed E-state index contributed by atoms with van der Waals surface area (Å²) < 4.78 is 10.7. The summed E-state index contributed by atoms with van der Waals surface area (Å²) in [6, 6.07) is 0. The molecule has 0 aliphatic carbocycles. The highest BCUT2D eigenvalue weighted by Crippen LogP contribution is 2.27. The fourth-order valence-electron chi connectivity index (χ4n) is 1.96. The van der Waals surface area contributed by atoms with E-state index in [2.05, 4.69) is 0 Å². The minimum atomic E-state index is -0.347. The maximum atomic E-state index is 6.30. The molecule has 5 heteroatoms. The Bertz CT molecular complexity index is 241. The summed E-state index contributed by atoms with van der Waals surface area (Å²) in [5, 5.41) is 0.543. The van der Waals surface area contributed by atoms with Crippen molar-refractivity contribution in [2.75, 3.05) is 19.8 Å². The van der Waals surface area contributed by atoms with Crippen LogP contribution in [0.5, 0.6) is 0 Å². The lowest BCUT2D eigenvalue weighted by molar-refractivity contribution is 0.00656. The number of hydrogen-bond acceptors (Lipinski definition) is 4. The average molecular weight is 216 g/mol. The molecule has 2 aliphatic heterocycles. The van der Waals surface area contributed by atoms with E-state index >= 15 is 0 Å². The number of ether oxygens (including phenoxy) is 2. The van der Waals surface area contributed by atoms with Crippen LogP contribution in [0.15, 0.2) is 0 Å². The Balaban J connectivity index is 2.09. The minimum Gasteiger partial charge on any atom is -0.466 e. The Morgan fingerprint density at radius 3 is 2.64 bits per heavy atom. The summed E-state index contributed by atoms with van der Waals surface area (Å²) >= 11 is 5.15. The molecule has 2 fully saturated rings. The van der Waals surface area contributed by atoms with Gasteiger partial charge in [-0.05, 0) is 19.1 Å². The molecule has 0 spiro atoms. The lowest BCUT2D eigenvalue weighted by Crippen LogP contribution is -2.59. The van der Waals surface area contributed by atoms with E-state index < -0.39 is 0 Å². The van der Waals surface area contributed by atoms with E-state index in [4.69, 9.17) is 27.4 Å². The van der Waals surface area contributed by atoms with Crippen molar-refractivity contribution in [3.8, 4) is 0 Å². The summed E-state index contributed by atoms with van der Waals surface area (Å²) in [5.74, 6) is 0. The van der Waals surface area contributed by atoms with Crippen LogP contribution < -0.4 is 5.73 Å². The van der Waals surface area contributed by atoms with Gasteiger partial charge in [0, 0.05) is 12.8 Å². The van der Waals surface area contributed by atoms with E-state index in [9.17, 15) is 0 Å². The topological polar surface area (TPSA) is 47.7 Å². The van der Waals surface area contributed by atoms with Crippen LogP contribution in [-0.2, 0) is 9.47 Å². The van der Waals surface area contributed by atoms with Crippen molar-refractivity contribution >= 4 is 17.4 Å². The van der Waals surface area contributed by atoms with Crippen LogP contribution in [-0.4, -0.2) is 41.6 Å².